The first-order chi connectivity index (χ1) is 22.2. The summed E-state index contributed by atoms with van der Waals surface area (Å²) in [6.07, 6.45) is 4.12. The number of rotatable bonds is 3. The molecule has 4 aromatic heterocycles. The largest absolute Gasteiger partial charge is 0.317 e. The van der Waals surface area contributed by atoms with Crippen molar-refractivity contribution in [1.29, 1.82) is 0 Å². The number of aromatic nitrogens is 3. The lowest BCUT2D eigenvalue weighted by Gasteiger charge is -2.19. The normalized spacial score (nSPS) is 12.1. The molecule has 0 saturated carbocycles. The van der Waals surface area contributed by atoms with Gasteiger partial charge in [0.25, 0.3) is 0 Å². The number of hydrogen-bond donors (Lipinski definition) is 0. The number of thiophene rings is 2. The Bertz CT molecular complexity index is 2770. The molecule has 10 rings (SSSR count). The van der Waals surface area contributed by atoms with E-state index in [1.165, 1.54) is 79.4 Å². The fourth-order valence-corrected chi connectivity index (χ4v) is 9.31. The SMILES string of the molecule is Cn1nccc1-c1c(-c2csc3ccccc23)c2cc3c(cc2c2cc4ccn(-c5ccccc5)c4cc12)sc1ccccc13. The summed E-state index contributed by atoms with van der Waals surface area (Å²) in [6.45, 7) is 0. The highest BCUT2D eigenvalue weighted by Crippen LogP contribution is 2.50. The Balaban J connectivity index is 1.46. The Kier molecular flexibility index (Phi) is 5.24. The van der Waals surface area contributed by atoms with Gasteiger partial charge in [-0.15, -0.1) is 22.7 Å². The highest BCUT2D eigenvalue weighted by molar-refractivity contribution is 7.25. The predicted molar refractivity (Wildman–Crippen MR) is 194 cm³/mol. The van der Waals surface area contributed by atoms with Crippen LogP contribution in [0.25, 0.3) is 90.8 Å². The number of para-hydroxylation sites is 1. The Labute approximate surface area is 266 Å². The molecule has 0 aliphatic heterocycles. The summed E-state index contributed by atoms with van der Waals surface area (Å²) in [6, 6.07) is 42.4. The molecule has 0 spiro atoms. The minimum Gasteiger partial charge on any atom is -0.317 e. The lowest BCUT2D eigenvalue weighted by atomic mass is 9.85. The van der Waals surface area contributed by atoms with E-state index in [2.05, 4.69) is 144 Å². The van der Waals surface area contributed by atoms with E-state index in [0.717, 1.165) is 11.4 Å². The number of nitrogens with zero attached hydrogens (tertiary/aromatic N) is 3. The average Bonchev–Trinajstić information content (AvgIpc) is 3.87. The molecule has 0 amide bonds. The summed E-state index contributed by atoms with van der Waals surface area (Å²) in [5.74, 6) is 0. The maximum absolute atomic E-state index is 4.68. The van der Waals surface area contributed by atoms with Gasteiger partial charge in [0.1, 0.15) is 0 Å². The van der Waals surface area contributed by atoms with Crippen LogP contribution in [0.5, 0.6) is 0 Å². The van der Waals surface area contributed by atoms with Crippen molar-refractivity contribution < 1.29 is 0 Å². The third-order valence-electron chi connectivity index (χ3n) is 9.29. The molecule has 0 fully saturated rings. The molecule has 0 unspecified atom stereocenters. The van der Waals surface area contributed by atoms with Gasteiger partial charge < -0.3 is 4.57 Å². The average molecular weight is 612 g/mol. The third-order valence-corrected chi connectivity index (χ3v) is 11.4. The second kappa shape index (κ2) is 9.38. The summed E-state index contributed by atoms with van der Waals surface area (Å²) < 4.78 is 8.27. The smallest absolute Gasteiger partial charge is 0.0691 e. The van der Waals surface area contributed by atoms with Crippen molar-refractivity contribution in [1.82, 2.24) is 14.3 Å². The van der Waals surface area contributed by atoms with Crippen molar-refractivity contribution in [2.24, 2.45) is 7.05 Å². The van der Waals surface area contributed by atoms with E-state index in [0.29, 0.717) is 0 Å². The quantitative estimate of drug-likeness (QED) is 0.182. The van der Waals surface area contributed by atoms with Gasteiger partial charge in [0.15, 0.2) is 0 Å². The summed E-state index contributed by atoms with van der Waals surface area (Å²) >= 11 is 3.70. The van der Waals surface area contributed by atoms with Gasteiger partial charge >= 0.3 is 0 Å². The molecule has 0 aliphatic carbocycles. The van der Waals surface area contributed by atoms with Crippen LogP contribution in [0.15, 0.2) is 133 Å². The van der Waals surface area contributed by atoms with Gasteiger partial charge in [-0.05, 0) is 87.6 Å². The molecule has 45 heavy (non-hydrogen) atoms. The molecular weight excluding hydrogens is 587 g/mol. The van der Waals surface area contributed by atoms with E-state index in [-0.39, 0.29) is 0 Å². The molecule has 0 bridgehead atoms. The number of aryl methyl sites for hydroxylation is 1. The summed E-state index contributed by atoms with van der Waals surface area (Å²) in [5.41, 5.74) is 7.23. The van der Waals surface area contributed by atoms with Crippen molar-refractivity contribution in [2.45, 2.75) is 0 Å². The molecule has 212 valence electrons. The lowest BCUT2D eigenvalue weighted by molar-refractivity contribution is 0.776. The second-order valence-electron chi connectivity index (χ2n) is 11.7. The van der Waals surface area contributed by atoms with Crippen molar-refractivity contribution >= 4 is 85.4 Å². The lowest BCUT2D eigenvalue weighted by Crippen LogP contribution is -1.98. The second-order valence-corrected chi connectivity index (χ2v) is 13.7. The fourth-order valence-electron chi connectivity index (χ4n) is 7.23. The monoisotopic (exact) mass is 611 g/mol. The van der Waals surface area contributed by atoms with Crippen molar-refractivity contribution in [2.75, 3.05) is 0 Å². The Morgan fingerprint density at radius 3 is 2.18 bits per heavy atom. The van der Waals surface area contributed by atoms with Crippen LogP contribution in [0.3, 0.4) is 0 Å². The molecule has 0 atom stereocenters. The number of hydrogen-bond acceptors (Lipinski definition) is 3. The molecule has 6 aromatic carbocycles. The molecule has 4 heterocycles. The van der Waals surface area contributed by atoms with Crippen LogP contribution in [-0.2, 0) is 7.05 Å². The zero-order valence-corrected chi connectivity index (χ0v) is 26.0. The molecule has 5 heteroatoms. The topological polar surface area (TPSA) is 22.8 Å². The molecular formula is C40H25N3S2. The summed E-state index contributed by atoms with van der Waals surface area (Å²) in [7, 11) is 2.06. The molecule has 0 N–H and O–H groups in total. The van der Waals surface area contributed by atoms with Gasteiger partial charge in [0, 0.05) is 77.5 Å². The van der Waals surface area contributed by atoms with Crippen molar-refractivity contribution in [3.05, 3.63) is 133 Å². The fraction of sp³-hybridized carbons (Fsp3) is 0.0250. The van der Waals surface area contributed by atoms with Gasteiger partial charge in [0.2, 0.25) is 0 Å². The van der Waals surface area contributed by atoms with Gasteiger partial charge in [-0.3, -0.25) is 4.68 Å². The summed E-state index contributed by atoms with van der Waals surface area (Å²) in [5, 5.41) is 17.3. The van der Waals surface area contributed by atoms with Gasteiger partial charge in [0.05, 0.1) is 11.2 Å². The Morgan fingerprint density at radius 2 is 1.33 bits per heavy atom. The minimum absolute atomic E-state index is 1.11. The third kappa shape index (κ3) is 3.59. The van der Waals surface area contributed by atoms with Crippen LogP contribution in [0.4, 0.5) is 0 Å². The first-order valence-electron chi connectivity index (χ1n) is 15.1. The van der Waals surface area contributed by atoms with E-state index >= 15 is 0 Å². The number of benzene rings is 6. The molecule has 3 nitrogen and oxygen atoms in total. The van der Waals surface area contributed by atoms with Crippen LogP contribution in [0.1, 0.15) is 0 Å². The number of fused-ring (bicyclic) bond motifs is 8. The van der Waals surface area contributed by atoms with Crippen LogP contribution < -0.4 is 0 Å². The molecule has 10 aromatic rings. The van der Waals surface area contributed by atoms with E-state index < -0.39 is 0 Å². The van der Waals surface area contributed by atoms with Gasteiger partial charge in [-0.1, -0.05) is 54.6 Å². The first-order valence-corrected chi connectivity index (χ1v) is 16.8. The van der Waals surface area contributed by atoms with Crippen LogP contribution in [-0.4, -0.2) is 14.3 Å². The molecule has 0 radical (unpaired) electrons. The Hall–Kier alpha value is -5.23. The van der Waals surface area contributed by atoms with E-state index in [9.17, 15) is 0 Å². The van der Waals surface area contributed by atoms with Crippen LogP contribution in [0, 0.1) is 0 Å². The van der Waals surface area contributed by atoms with E-state index in [4.69, 9.17) is 0 Å². The maximum atomic E-state index is 4.68. The van der Waals surface area contributed by atoms with Gasteiger partial charge in [-0.25, -0.2) is 0 Å². The standard InChI is InChI=1S/C40H25N3S2/c1-42-34(15-17-41-42)40-32-21-35-24(16-18-43(35)25-9-3-2-4-10-25)19-28(32)29-22-38-30(26-11-6-8-14-37(26)45-38)20-31(29)39(40)33-23-44-36-13-7-5-12-27(33)36/h2-23H,1H3. The maximum Gasteiger partial charge on any atom is 0.0691 e. The van der Waals surface area contributed by atoms with Crippen LogP contribution >= 0.6 is 22.7 Å². The van der Waals surface area contributed by atoms with E-state index in [1.54, 1.807) is 0 Å². The highest BCUT2D eigenvalue weighted by Gasteiger charge is 2.23. The molecule has 0 saturated heterocycles. The zero-order chi connectivity index (χ0) is 29.6. The van der Waals surface area contributed by atoms with Crippen molar-refractivity contribution in [3.63, 3.8) is 0 Å². The van der Waals surface area contributed by atoms with Gasteiger partial charge in [-0.2, -0.15) is 5.10 Å². The zero-order valence-electron chi connectivity index (χ0n) is 24.4. The molecule has 0 aliphatic rings. The minimum atomic E-state index is 1.11. The van der Waals surface area contributed by atoms with Crippen LogP contribution in [0.2, 0.25) is 0 Å². The highest BCUT2D eigenvalue weighted by atomic mass is 32.1. The Morgan fingerprint density at radius 1 is 0.578 bits per heavy atom. The first kappa shape index (κ1) is 25.1. The van der Waals surface area contributed by atoms with E-state index in [1.807, 2.05) is 33.6 Å². The predicted octanol–water partition coefficient (Wildman–Crippen LogP) is 11.6. The summed E-state index contributed by atoms with van der Waals surface area (Å²) in [4.78, 5) is 0. The van der Waals surface area contributed by atoms with Crippen molar-refractivity contribution in [3.8, 4) is 28.1 Å².